The van der Waals surface area contributed by atoms with Gasteiger partial charge in [-0.2, -0.15) is 0 Å². The van der Waals surface area contributed by atoms with Crippen LogP contribution in [0.1, 0.15) is 40.5 Å². The van der Waals surface area contributed by atoms with E-state index in [1.54, 1.807) is 30.6 Å². The van der Waals surface area contributed by atoms with Crippen LogP contribution in [0.2, 0.25) is 5.02 Å². The third kappa shape index (κ3) is 3.30. The number of carbonyl (C=O) groups is 1. The maximum atomic E-state index is 12.6. The van der Waals surface area contributed by atoms with E-state index in [1.807, 2.05) is 24.4 Å². The molecule has 1 unspecified atom stereocenters. The Hall–Kier alpha value is -2.79. The molecule has 1 N–H and O–H groups in total. The Kier molecular flexibility index (Phi) is 4.63. The Morgan fingerprint density at radius 1 is 1.15 bits per heavy atom. The monoisotopic (exact) mass is 364 g/mol. The summed E-state index contributed by atoms with van der Waals surface area (Å²) in [5.41, 5.74) is 3.32. The zero-order valence-corrected chi connectivity index (χ0v) is 14.8. The zero-order chi connectivity index (χ0) is 17.9. The highest BCUT2D eigenvalue weighted by Gasteiger charge is 2.25. The van der Waals surface area contributed by atoms with Gasteiger partial charge in [0.25, 0.3) is 5.91 Å². The first-order valence-electron chi connectivity index (χ1n) is 8.54. The molecular formula is C20H17ClN4O. The average Bonchev–Trinajstić information content (AvgIpc) is 2.69. The van der Waals surface area contributed by atoms with Crippen molar-refractivity contribution in [2.24, 2.45) is 0 Å². The summed E-state index contributed by atoms with van der Waals surface area (Å²) >= 11 is 6.13. The number of aryl methyl sites for hydroxylation is 1. The van der Waals surface area contributed by atoms with E-state index >= 15 is 0 Å². The molecule has 0 radical (unpaired) electrons. The van der Waals surface area contributed by atoms with Crippen molar-refractivity contribution in [3.8, 4) is 11.4 Å². The van der Waals surface area contributed by atoms with E-state index in [0.717, 1.165) is 36.1 Å². The van der Waals surface area contributed by atoms with Gasteiger partial charge in [0.2, 0.25) is 0 Å². The predicted octanol–water partition coefficient (Wildman–Crippen LogP) is 4.00. The van der Waals surface area contributed by atoms with Crippen LogP contribution in [-0.2, 0) is 6.42 Å². The molecular weight excluding hydrogens is 348 g/mol. The first-order valence-corrected chi connectivity index (χ1v) is 8.92. The van der Waals surface area contributed by atoms with Crippen LogP contribution in [0.4, 0.5) is 0 Å². The van der Waals surface area contributed by atoms with Crippen molar-refractivity contribution in [3.05, 3.63) is 76.8 Å². The molecule has 1 atom stereocenters. The minimum atomic E-state index is -0.176. The lowest BCUT2D eigenvalue weighted by atomic mass is 9.92. The number of halogens is 1. The summed E-state index contributed by atoms with van der Waals surface area (Å²) in [6, 6.07) is 10.8. The van der Waals surface area contributed by atoms with Crippen LogP contribution in [0.15, 0.2) is 55.0 Å². The van der Waals surface area contributed by atoms with Crippen LogP contribution >= 0.6 is 11.6 Å². The van der Waals surface area contributed by atoms with Crippen LogP contribution < -0.4 is 5.32 Å². The van der Waals surface area contributed by atoms with E-state index in [1.165, 1.54) is 0 Å². The second-order valence-corrected chi connectivity index (χ2v) is 6.64. The fourth-order valence-electron chi connectivity index (χ4n) is 3.21. The Labute approximate surface area is 156 Å². The Balaban J connectivity index is 1.60. The maximum Gasteiger partial charge on any atom is 0.253 e. The number of amides is 1. The average molecular weight is 365 g/mol. The molecule has 0 fully saturated rings. The number of aromatic nitrogens is 3. The van der Waals surface area contributed by atoms with Gasteiger partial charge in [0.05, 0.1) is 16.6 Å². The molecule has 130 valence electrons. The number of carbonyl (C=O) groups excluding carboxylic acids is 1. The molecule has 3 aromatic rings. The molecule has 1 aromatic carbocycles. The minimum Gasteiger partial charge on any atom is -0.345 e. The smallest absolute Gasteiger partial charge is 0.253 e. The Morgan fingerprint density at radius 3 is 2.85 bits per heavy atom. The third-order valence-electron chi connectivity index (χ3n) is 4.53. The van der Waals surface area contributed by atoms with Crippen molar-refractivity contribution >= 4 is 17.5 Å². The molecule has 0 bridgehead atoms. The summed E-state index contributed by atoms with van der Waals surface area (Å²) in [5.74, 6) is 0.486. The molecule has 1 aliphatic carbocycles. The molecule has 6 heteroatoms. The van der Waals surface area contributed by atoms with E-state index in [-0.39, 0.29) is 11.9 Å². The molecule has 0 saturated carbocycles. The normalized spacial score (nSPS) is 16.0. The quantitative estimate of drug-likeness (QED) is 0.762. The van der Waals surface area contributed by atoms with Crippen LogP contribution in [0.3, 0.4) is 0 Å². The van der Waals surface area contributed by atoms with Gasteiger partial charge < -0.3 is 5.32 Å². The molecule has 0 aliphatic heterocycles. The molecule has 0 saturated heterocycles. The van der Waals surface area contributed by atoms with Crippen molar-refractivity contribution in [1.82, 2.24) is 20.3 Å². The molecule has 4 rings (SSSR count). The van der Waals surface area contributed by atoms with Gasteiger partial charge in [-0.15, -0.1) is 0 Å². The molecule has 0 spiro atoms. The van der Waals surface area contributed by atoms with Gasteiger partial charge >= 0.3 is 0 Å². The molecule has 2 aromatic heterocycles. The highest BCUT2D eigenvalue weighted by molar-refractivity contribution is 6.33. The summed E-state index contributed by atoms with van der Waals surface area (Å²) < 4.78 is 0. The van der Waals surface area contributed by atoms with E-state index in [0.29, 0.717) is 16.4 Å². The van der Waals surface area contributed by atoms with Crippen LogP contribution in [0.25, 0.3) is 11.4 Å². The van der Waals surface area contributed by atoms with Crippen molar-refractivity contribution in [2.45, 2.75) is 25.3 Å². The molecule has 26 heavy (non-hydrogen) atoms. The van der Waals surface area contributed by atoms with Gasteiger partial charge in [-0.25, -0.2) is 9.97 Å². The van der Waals surface area contributed by atoms with Crippen LogP contribution in [0.5, 0.6) is 0 Å². The van der Waals surface area contributed by atoms with Crippen LogP contribution in [0, 0.1) is 0 Å². The number of benzene rings is 1. The fraction of sp³-hybridized carbons (Fsp3) is 0.200. The van der Waals surface area contributed by atoms with E-state index in [9.17, 15) is 4.79 Å². The van der Waals surface area contributed by atoms with Gasteiger partial charge in [0, 0.05) is 35.4 Å². The maximum absolute atomic E-state index is 12.6. The number of hydrogen-bond donors (Lipinski definition) is 1. The highest BCUT2D eigenvalue weighted by atomic mass is 35.5. The predicted molar refractivity (Wildman–Crippen MR) is 99.9 cm³/mol. The summed E-state index contributed by atoms with van der Waals surface area (Å²) in [5, 5.41) is 3.52. The summed E-state index contributed by atoms with van der Waals surface area (Å²) in [4.78, 5) is 25.9. The summed E-state index contributed by atoms with van der Waals surface area (Å²) in [6.45, 7) is 0. The Morgan fingerprint density at radius 2 is 2.04 bits per heavy atom. The van der Waals surface area contributed by atoms with Crippen molar-refractivity contribution < 1.29 is 4.79 Å². The van der Waals surface area contributed by atoms with Crippen molar-refractivity contribution in [3.63, 3.8) is 0 Å². The second-order valence-electron chi connectivity index (χ2n) is 6.24. The Bertz CT molecular complexity index is 946. The summed E-state index contributed by atoms with van der Waals surface area (Å²) in [6.07, 6.45) is 8.00. The standard InChI is InChI=1S/C20H17ClN4O/c21-16-7-2-1-6-14(16)20(26)25-18-9-3-8-17-15(18)12-23-19(24-17)13-5-4-10-22-11-13/h1-2,4-7,10-12,18H,3,8-9H2,(H,25,26). The van der Waals surface area contributed by atoms with Gasteiger partial charge in [-0.05, 0) is 43.5 Å². The van der Waals surface area contributed by atoms with Crippen molar-refractivity contribution in [2.75, 3.05) is 0 Å². The van der Waals surface area contributed by atoms with Gasteiger partial charge in [-0.3, -0.25) is 9.78 Å². The minimum absolute atomic E-state index is 0.106. The fourth-order valence-corrected chi connectivity index (χ4v) is 3.43. The molecule has 1 aliphatic rings. The first kappa shape index (κ1) is 16.7. The van der Waals surface area contributed by atoms with Crippen molar-refractivity contribution in [1.29, 1.82) is 0 Å². The lowest BCUT2D eigenvalue weighted by molar-refractivity contribution is 0.0932. The third-order valence-corrected chi connectivity index (χ3v) is 4.85. The van der Waals surface area contributed by atoms with Gasteiger partial charge in [0.15, 0.2) is 5.82 Å². The van der Waals surface area contributed by atoms with E-state index in [2.05, 4.69) is 15.3 Å². The first-order chi connectivity index (χ1) is 12.7. The van der Waals surface area contributed by atoms with E-state index in [4.69, 9.17) is 16.6 Å². The molecule has 5 nitrogen and oxygen atoms in total. The topological polar surface area (TPSA) is 67.8 Å². The molecule has 1 amide bonds. The van der Waals surface area contributed by atoms with Gasteiger partial charge in [-0.1, -0.05) is 23.7 Å². The van der Waals surface area contributed by atoms with Crippen LogP contribution in [-0.4, -0.2) is 20.9 Å². The summed E-state index contributed by atoms with van der Waals surface area (Å²) in [7, 11) is 0. The zero-order valence-electron chi connectivity index (χ0n) is 14.0. The van der Waals surface area contributed by atoms with Gasteiger partial charge in [0.1, 0.15) is 0 Å². The lowest BCUT2D eigenvalue weighted by Gasteiger charge is -2.25. The molecule has 2 heterocycles. The SMILES string of the molecule is O=C(NC1CCCc2nc(-c3cccnc3)ncc21)c1ccccc1Cl. The number of nitrogens with one attached hydrogen (secondary N) is 1. The number of nitrogens with zero attached hydrogens (tertiary/aromatic N) is 3. The lowest BCUT2D eigenvalue weighted by Crippen LogP contribution is -2.31. The number of rotatable bonds is 3. The number of pyridine rings is 1. The highest BCUT2D eigenvalue weighted by Crippen LogP contribution is 2.30. The van der Waals surface area contributed by atoms with E-state index < -0.39 is 0 Å². The largest absolute Gasteiger partial charge is 0.345 e. The second kappa shape index (κ2) is 7.22. The number of fused-ring (bicyclic) bond motifs is 1. The number of hydrogen-bond acceptors (Lipinski definition) is 4.